The van der Waals surface area contributed by atoms with E-state index in [0.29, 0.717) is 27.5 Å². The van der Waals surface area contributed by atoms with Crippen LogP contribution in [0.3, 0.4) is 0 Å². The van der Waals surface area contributed by atoms with Crippen LogP contribution in [0.1, 0.15) is 11.3 Å². The molecule has 0 saturated heterocycles. The Morgan fingerprint density at radius 3 is 2.62 bits per heavy atom. The number of nitrogens with one attached hydrogen (secondary N) is 1. The first-order valence-electron chi connectivity index (χ1n) is 8.91. The molecule has 2 aromatic carbocycles. The van der Waals surface area contributed by atoms with Crippen LogP contribution >= 0.6 is 11.6 Å². The molecule has 150 valence electrons. The van der Waals surface area contributed by atoms with Crippen molar-refractivity contribution in [3.05, 3.63) is 81.0 Å². The van der Waals surface area contributed by atoms with Gasteiger partial charge in [-0.15, -0.1) is 0 Å². The van der Waals surface area contributed by atoms with Crippen molar-refractivity contribution in [1.29, 1.82) is 0 Å². The molecule has 3 rings (SSSR count). The summed E-state index contributed by atoms with van der Waals surface area (Å²) in [4.78, 5) is 30.1. The lowest BCUT2D eigenvalue weighted by Gasteiger charge is -2.16. The van der Waals surface area contributed by atoms with Crippen molar-refractivity contribution < 1.29 is 14.3 Å². The minimum absolute atomic E-state index is 0.122. The lowest BCUT2D eigenvalue weighted by atomic mass is 10.1. The van der Waals surface area contributed by atoms with Gasteiger partial charge in [0.15, 0.2) is 0 Å². The number of amides is 1. The van der Waals surface area contributed by atoms with Crippen molar-refractivity contribution in [3.8, 4) is 11.4 Å². The molecule has 0 bridgehead atoms. The number of benzene rings is 2. The topological polar surface area (TPSA) is 84.2 Å². The van der Waals surface area contributed by atoms with E-state index >= 15 is 0 Å². The van der Waals surface area contributed by atoms with Crippen LogP contribution in [0.5, 0.6) is 0 Å². The molecule has 0 fully saturated rings. The first kappa shape index (κ1) is 20.7. The number of aromatic nitrogens is 2. The molecule has 0 unspecified atom stereocenters. The normalized spacial score (nSPS) is 10.8. The van der Waals surface area contributed by atoms with Crippen LogP contribution in [-0.4, -0.2) is 27.2 Å². The Kier molecular flexibility index (Phi) is 6.41. The van der Waals surface area contributed by atoms with Crippen LogP contribution in [0.4, 0.5) is 10.1 Å². The van der Waals surface area contributed by atoms with Crippen LogP contribution in [0, 0.1) is 12.7 Å². The molecule has 1 heterocycles. The zero-order valence-corrected chi connectivity index (χ0v) is 16.4. The lowest BCUT2D eigenvalue weighted by Crippen LogP contribution is -2.33. The third-order valence-corrected chi connectivity index (χ3v) is 4.58. The third-order valence-electron chi connectivity index (χ3n) is 4.34. The first-order valence-corrected chi connectivity index (χ1v) is 9.29. The van der Waals surface area contributed by atoms with Gasteiger partial charge in [0.1, 0.15) is 18.2 Å². The number of hydrogen-bond donors (Lipinski definition) is 2. The van der Waals surface area contributed by atoms with Gasteiger partial charge in [-0.1, -0.05) is 17.7 Å². The van der Waals surface area contributed by atoms with Crippen LogP contribution in [0.15, 0.2) is 53.3 Å². The standard InChI is InChI=1S/C21H19ClFN3O3/c1-13-18(9-10-27)21(29)26(20(24-13)14-5-7-16(23)8-6-14)12-19(28)25-17-4-2-3-15(22)11-17/h2-8,11,27H,9-10,12H2,1H3,(H,25,28). The number of rotatable bonds is 6. The number of carbonyl (C=O) groups is 1. The molecule has 0 spiro atoms. The molecule has 0 radical (unpaired) electrons. The second-order valence-electron chi connectivity index (χ2n) is 6.43. The SMILES string of the molecule is Cc1nc(-c2ccc(F)cc2)n(CC(=O)Nc2cccc(Cl)c2)c(=O)c1CCO. The van der Waals surface area contributed by atoms with Gasteiger partial charge in [-0.05, 0) is 49.4 Å². The summed E-state index contributed by atoms with van der Waals surface area (Å²) in [6.07, 6.45) is 0.122. The second kappa shape index (κ2) is 8.98. The fraction of sp³-hybridized carbons (Fsp3) is 0.190. The molecule has 0 atom stereocenters. The number of nitrogens with zero attached hydrogens (tertiary/aromatic N) is 2. The Hall–Kier alpha value is -3.03. The van der Waals surface area contributed by atoms with E-state index in [9.17, 15) is 19.1 Å². The van der Waals surface area contributed by atoms with E-state index in [4.69, 9.17) is 11.6 Å². The molecule has 2 N–H and O–H groups in total. The Balaban J connectivity index is 2.02. The fourth-order valence-corrected chi connectivity index (χ4v) is 3.17. The van der Waals surface area contributed by atoms with Gasteiger partial charge in [0, 0.05) is 40.6 Å². The van der Waals surface area contributed by atoms with E-state index < -0.39 is 17.3 Å². The van der Waals surface area contributed by atoms with Crippen LogP contribution in [0.2, 0.25) is 5.02 Å². The van der Waals surface area contributed by atoms with Crippen molar-refractivity contribution in [2.45, 2.75) is 19.9 Å². The van der Waals surface area contributed by atoms with E-state index in [-0.39, 0.29) is 25.4 Å². The van der Waals surface area contributed by atoms with Crippen LogP contribution in [0.25, 0.3) is 11.4 Å². The Bertz CT molecular complexity index is 1100. The molecule has 6 nitrogen and oxygen atoms in total. The Morgan fingerprint density at radius 2 is 1.97 bits per heavy atom. The van der Waals surface area contributed by atoms with Gasteiger partial charge in [0.2, 0.25) is 5.91 Å². The van der Waals surface area contributed by atoms with Gasteiger partial charge in [-0.3, -0.25) is 14.2 Å². The summed E-state index contributed by atoms with van der Waals surface area (Å²) in [6, 6.07) is 12.1. The molecule has 0 aliphatic heterocycles. The van der Waals surface area contributed by atoms with Crippen molar-refractivity contribution in [2.24, 2.45) is 0 Å². The van der Waals surface area contributed by atoms with Crippen molar-refractivity contribution >= 4 is 23.2 Å². The van der Waals surface area contributed by atoms with Gasteiger partial charge < -0.3 is 10.4 Å². The number of anilines is 1. The average Bonchev–Trinajstić information content (AvgIpc) is 2.68. The lowest BCUT2D eigenvalue weighted by molar-refractivity contribution is -0.116. The maximum absolute atomic E-state index is 13.3. The van der Waals surface area contributed by atoms with E-state index in [2.05, 4.69) is 10.3 Å². The predicted octanol–water partition coefficient (Wildman–Crippen LogP) is 3.18. The molecular formula is C21H19ClFN3O3. The highest BCUT2D eigenvalue weighted by Gasteiger charge is 2.18. The highest BCUT2D eigenvalue weighted by Crippen LogP contribution is 2.19. The quantitative estimate of drug-likeness (QED) is 0.647. The number of hydrogen-bond acceptors (Lipinski definition) is 4. The largest absolute Gasteiger partial charge is 0.396 e. The molecule has 29 heavy (non-hydrogen) atoms. The van der Waals surface area contributed by atoms with Crippen molar-refractivity contribution in [3.63, 3.8) is 0 Å². The first-order chi connectivity index (χ1) is 13.9. The van der Waals surface area contributed by atoms with E-state index in [1.54, 1.807) is 31.2 Å². The van der Waals surface area contributed by atoms with E-state index in [0.717, 1.165) is 0 Å². The fourth-order valence-electron chi connectivity index (χ4n) is 2.98. The average molecular weight is 416 g/mol. The number of carbonyl (C=O) groups excluding carboxylic acids is 1. The number of aliphatic hydroxyl groups excluding tert-OH is 1. The number of halogens is 2. The summed E-state index contributed by atoms with van der Waals surface area (Å²) >= 11 is 5.93. The highest BCUT2D eigenvalue weighted by molar-refractivity contribution is 6.30. The summed E-state index contributed by atoms with van der Waals surface area (Å²) in [5, 5.41) is 12.4. The summed E-state index contributed by atoms with van der Waals surface area (Å²) in [7, 11) is 0. The molecule has 0 aliphatic rings. The van der Waals surface area contributed by atoms with E-state index in [1.165, 1.54) is 28.8 Å². The second-order valence-corrected chi connectivity index (χ2v) is 6.87. The molecule has 1 aromatic heterocycles. The summed E-state index contributed by atoms with van der Waals surface area (Å²) in [5.41, 5.74) is 1.35. The zero-order valence-electron chi connectivity index (χ0n) is 15.7. The molecule has 8 heteroatoms. The van der Waals surface area contributed by atoms with Gasteiger partial charge in [-0.2, -0.15) is 0 Å². The highest BCUT2D eigenvalue weighted by atomic mass is 35.5. The monoisotopic (exact) mass is 415 g/mol. The molecular weight excluding hydrogens is 397 g/mol. The summed E-state index contributed by atoms with van der Waals surface area (Å²) in [6.45, 7) is 1.14. The maximum Gasteiger partial charge on any atom is 0.257 e. The summed E-state index contributed by atoms with van der Waals surface area (Å²) < 4.78 is 14.5. The summed E-state index contributed by atoms with van der Waals surface area (Å²) in [5.74, 6) is -0.622. The molecule has 1 amide bonds. The van der Waals surface area contributed by atoms with E-state index in [1.807, 2.05) is 0 Å². The van der Waals surface area contributed by atoms with Crippen molar-refractivity contribution in [2.75, 3.05) is 11.9 Å². The van der Waals surface area contributed by atoms with Crippen molar-refractivity contribution in [1.82, 2.24) is 9.55 Å². The smallest absolute Gasteiger partial charge is 0.257 e. The van der Waals surface area contributed by atoms with Crippen LogP contribution < -0.4 is 10.9 Å². The van der Waals surface area contributed by atoms with Gasteiger partial charge in [0.05, 0.1) is 0 Å². The Morgan fingerprint density at radius 1 is 1.24 bits per heavy atom. The molecule has 0 aliphatic carbocycles. The predicted molar refractivity (Wildman–Crippen MR) is 109 cm³/mol. The third kappa shape index (κ3) is 4.88. The van der Waals surface area contributed by atoms with Crippen LogP contribution in [-0.2, 0) is 17.8 Å². The zero-order chi connectivity index (χ0) is 21.0. The maximum atomic E-state index is 13.3. The minimum Gasteiger partial charge on any atom is -0.396 e. The van der Waals surface area contributed by atoms with Gasteiger partial charge in [-0.25, -0.2) is 9.37 Å². The number of aliphatic hydroxyl groups is 1. The minimum atomic E-state index is -0.446. The Labute approximate surface area is 171 Å². The number of aryl methyl sites for hydroxylation is 1. The molecule has 0 saturated carbocycles. The molecule has 3 aromatic rings. The van der Waals surface area contributed by atoms with Gasteiger partial charge in [0.25, 0.3) is 5.56 Å². The van der Waals surface area contributed by atoms with Gasteiger partial charge >= 0.3 is 0 Å².